The summed E-state index contributed by atoms with van der Waals surface area (Å²) in [4.78, 5) is 0. The maximum atomic E-state index is 3.49. The first-order valence-corrected chi connectivity index (χ1v) is 8.57. The van der Waals surface area contributed by atoms with Crippen molar-refractivity contribution >= 4 is 11.4 Å². The Morgan fingerprint density at radius 3 is 1.39 bits per heavy atom. The van der Waals surface area contributed by atoms with E-state index in [-0.39, 0.29) is 0 Å². The van der Waals surface area contributed by atoms with Crippen LogP contribution in [0.1, 0.15) is 49.9 Å². The van der Waals surface area contributed by atoms with E-state index in [1.807, 2.05) is 0 Å². The monoisotopic (exact) mass is 310 g/mol. The molecule has 0 saturated heterocycles. The van der Waals surface area contributed by atoms with Gasteiger partial charge in [-0.05, 0) is 82.3 Å². The predicted octanol–water partition coefficient (Wildman–Crippen LogP) is 5.53. The second-order valence-electron chi connectivity index (χ2n) is 7.07. The molecule has 23 heavy (non-hydrogen) atoms. The SMILES string of the molecule is Cc1cc(Cc2ccc(NC(C)C)c(C)c2)ccc1NC(C)C. The summed E-state index contributed by atoms with van der Waals surface area (Å²) in [7, 11) is 0. The normalized spacial score (nSPS) is 11.1. The summed E-state index contributed by atoms with van der Waals surface area (Å²) in [5.74, 6) is 0. The molecule has 2 aromatic rings. The average molecular weight is 310 g/mol. The molecule has 2 N–H and O–H groups in total. The van der Waals surface area contributed by atoms with Crippen molar-refractivity contribution in [2.45, 2.75) is 60.0 Å². The Morgan fingerprint density at radius 2 is 1.09 bits per heavy atom. The summed E-state index contributed by atoms with van der Waals surface area (Å²) in [6.07, 6.45) is 0.978. The summed E-state index contributed by atoms with van der Waals surface area (Å²) in [5.41, 5.74) is 7.81. The fourth-order valence-electron chi connectivity index (χ4n) is 2.85. The molecule has 0 aliphatic heterocycles. The van der Waals surface area contributed by atoms with Crippen molar-refractivity contribution in [2.24, 2.45) is 0 Å². The highest BCUT2D eigenvalue weighted by Crippen LogP contribution is 2.22. The molecule has 124 valence electrons. The van der Waals surface area contributed by atoms with Crippen LogP contribution in [-0.4, -0.2) is 12.1 Å². The number of benzene rings is 2. The quantitative estimate of drug-likeness (QED) is 0.732. The molecule has 0 amide bonds. The fraction of sp³-hybridized carbons (Fsp3) is 0.429. The lowest BCUT2D eigenvalue weighted by atomic mass is 10.00. The Kier molecular flexibility index (Phi) is 5.70. The van der Waals surface area contributed by atoms with Crippen molar-refractivity contribution < 1.29 is 0 Å². The van der Waals surface area contributed by atoms with Gasteiger partial charge in [-0.1, -0.05) is 24.3 Å². The number of aryl methyl sites for hydroxylation is 2. The second-order valence-corrected chi connectivity index (χ2v) is 7.07. The second kappa shape index (κ2) is 7.54. The maximum absolute atomic E-state index is 3.49. The first-order chi connectivity index (χ1) is 10.8. The molecule has 2 rings (SSSR count). The van der Waals surface area contributed by atoms with Crippen LogP contribution in [0.15, 0.2) is 36.4 Å². The summed E-state index contributed by atoms with van der Waals surface area (Å²) in [6.45, 7) is 13.0. The number of hydrogen-bond acceptors (Lipinski definition) is 2. The highest BCUT2D eigenvalue weighted by molar-refractivity contribution is 5.55. The van der Waals surface area contributed by atoms with Gasteiger partial charge in [0.05, 0.1) is 0 Å². The Bertz CT molecular complexity index is 599. The number of nitrogens with one attached hydrogen (secondary N) is 2. The summed E-state index contributed by atoms with van der Waals surface area (Å²) in [6, 6.07) is 14.4. The molecule has 0 aliphatic rings. The van der Waals surface area contributed by atoms with E-state index < -0.39 is 0 Å². The molecule has 2 nitrogen and oxygen atoms in total. The Labute approximate surface area is 141 Å². The van der Waals surface area contributed by atoms with Crippen LogP contribution in [0, 0.1) is 13.8 Å². The van der Waals surface area contributed by atoms with Crippen LogP contribution >= 0.6 is 0 Å². The molecule has 0 aliphatic carbocycles. The van der Waals surface area contributed by atoms with Crippen molar-refractivity contribution in [3.8, 4) is 0 Å². The van der Waals surface area contributed by atoms with Gasteiger partial charge in [-0.3, -0.25) is 0 Å². The molecular formula is C21H30N2. The van der Waals surface area contributed by atoms with Gasteiger partial charge in [0, 0.05) is 23.5 Å². The van der Waals surface area contributed by atoms with Crippen molar-refractivity contribution in [3.05, 3.63) is 58.7 Å². The van der Waals surface area contributed by atoms with E-state index in [0.29, 0.717) is 12.1 Å². The number of rotatable bonds is 6. The molecule has 0 unspecified atom stereocenters. The van der Waals surface area contributed by atoms with Crippen LogP contribution in [0.5, 0.6) is 0 Å². The molecule has 0 saturated carbocycles. The van der Waals surface area contributed by atoms with Crippen LogP contribution in [0.2, 0.25) is 0 Å². The van der Waals surface area contributed by atoms with Gasteiger partial charge < -0.3 is 10.6 Å². The van der Waals surface area contributed by atoms with Crippen molar-refractivity contribution in [1.82, 2.24) is 0 Å². The zero-order chi connectivity index (χ0) is 17.0. The lowest BCUT2D eigenvalue weighted by molar-refractivity contribution is 0.896. The minimum Gasteiger partial charge on any atom is -0.383 e. The molecule has 2 heteroatoms. The van der Waals surface area contributed by atoms with Gasteiger partial charge in [-0.2, -0.15) is 0 Å². The molecule has 0 bridgehead atoms. The average Bonchev–Trinajstić information content (AvgIpc) is 2.44. The summed E-state index contributed by atoms with van der Waals surface area (Å²) < 4.78 is 0. The van der Waals surface area contributed by atoms with Gasteiger partial charge >= 0.3 is 0 Å². The minimum absolute atomic E-state index is 0.461. The lowest BCUT2D eigenvalue weighted by Gasteiger charge is -2.15. The third-order valence-corrected chi connectivity index (χ3v) is 3.88. The third-order valence-electron chi connectivity index (χ3n) is 3.88. The highest BCUT2D eigenvalue weighted by atomic mass is 14.9. The first kappa shape index (κ1) is 17.4. The van der Waals surface area contributed by atoms with Crippen LogP contribution in [0.25, 0.3) is 0 Å². The fourth-order valence-corrected chi connectivity index (χ4v) is 2.85. The first-order valence-electron chi connectivity index (χ1n) is 8.57. The molecular weight excluding hydrogens is 280 g/mol. The zero-order valence-corrected chi connectivity index (χ0v) is 15.3. The molecule has 0 aromatic heterocycles. The Morgan fingerprint density at radius 1 is 0.696 bits per heavy atom. The van der Waals surface area contributed by atoms with Gasteiger partial charge in [0.25, 0.3) is 0 Å². The molecule has 2 aromatic carbocycles. The van der Waals surface area contributed by atoms with E-state index in [1.165, 1.54) is 33.6 Å². The van der Waals surface area contributed by atoms with E-state index in [0.717, 1.165) is 6.42 Å². The molecule has 0 spiro atoms. The number of anilines is 2. The van der Waals surface area contributed by atoms with Crippen LogP contribution in [0.4, 0.5) is 11.4 Å². The predicted molar refractivity (Wildman–Crippen MR) is 103 cm³/mol. The molecule has 0 radical (unpaired) electrons. The van der Waals surface area contributed by atoms with Crippen LogP contribution in [-0.2, 0) is 6.42 Å². The van der Waals surface area contributed by atoms with Gasteiger partial charge in [0.1, 0.15) is 0 Å². The van der Waals surface area contributed by atoms with Crippen LogP contribution in [0.3, 0.4) is 0 Å². The van der Waals surface area contributed by atoms with Crippen molar-refractivity contribution in [3.63, 3.8) is 0 Å². The van der Waals surface area contributed by atoms with Gasteiger partial charge in [0.2, 0.25) is 0 Å². The van der Waals surface area contributed by atoms with E-state index in [1.54, 1.807) is 0 Å². The van der Waals surface area contributed by atoms with Crippen molar-refractivity contribution in [2.75, 3.05) is 10.6 Å². The van der Waals surface area contributed by atoms with E-state index in [4.69, 9.17) is 0 Å². The summed E-state index contributed by atoms with van der Waals surface area (Å²) >= 11 is 0. The van der Waals surface area contributed by atoms with Crippen molar-refractivity contribution in [1.29, 1.82) is 0 Å². The maximum Gasteiger partial charge on any atom is 0.0372 e. The highest BCUT2D eigenvalue weighted by Gasteiger charge is 2.05. The lowest BCUT2D eigenvalue weighted by Crippen LogP contribution is -2.11. The topological polar surface area (TPSA) is 24.1 Å². The third kappa shape index (κ3) is 5.02. The molecule has 0 heterocycles. The summed E-state index contributed by atoms with van der Waals surface area (Å²) in [5, 5.41) is 6.98. The van der Waals surface area contributed by atoms with E-state index in [9.17, 15) is 0 Å². The zero-order valence-electron chi connectivity index (χ0n) is 15.3. The van der Waals surface area contributed by atoms with E-state index in [2.05, 4.69) is 88.6 Å². The molecule has 0 fully saturated rings. The largest absolute Gasteiger partial charge is 0.383 e. The minimum atomic E-state index is 0.461. The van der Waals surface area contributed by atoms with Gasteiger partial charge in [-0.15, -0.1) is 0 Å². The Balaban J connectivity index is 2.13. The standard InChI is InChI=1S/C21H30N2/c1-14(2)22-20-9-7-18(11-16(20)5)13-19-8-10-21(17(6)12-19)23-15(3)4/h7-12,14-15,22-23H,13H2,1-6H3. The van der Waals surface area contributed by atoms with Crippen LogP contribution < -0.4 is 10.6 Å². The molecule has 0 atom stereocenters. The Hall–Kier alpha value is -1.96. The number of hydrogen-bond donors (Lipinski definition) is 2. The smallest absolute Gasteiger partial charge is 0.0372 e. The van der Waals surface area contributed by atoms with Gasteiger partial charge in [-0.25, -0.2) is 0 Å². The van der Waals surface area contributed by atoms with Gasteiger partial charge in [0.15, 0.2) is 0 Å². The van der Waals surface area contributed by atoms with E-state index >= 15 is 0 Å².